The van der Waals surface area contributed by atoms with E-state index < -0.39 is 0 Å². The van der Waals surface area contributed by atoms with Gasteiger partial charge in [-0.05, 0) is 203 Å². The molecule has 12 aromatic rings. The van der Waals surface area contributed by atoms with Crippen LogP contribution in [0.4, 0.5) is 0 Å². The Bertz CT molecular complexity index is 4470. The van der Waals surface area contributed by atoms with Crippen LogP contribution in [0.2, 0.25) is 0 Å². The number of rotatable bonds is 42. The number of nitrogens with zero attached hydrogens (tertiary/aromatic N) is 4. The summed E-state index contributed by atoms with van der Waals surface area (Å²) in [6, 6.07) is 89.2. The number of unbranched alkanes of at least 4 members (excludes halogenated alkanes) is 19. The molecule has 0 fully saturated rings. The van der Waals surface area contributed by atoms with E-state index in [0.29, 0.717) is 0 Å². The summed E-state index contributed by atoms with van der Waals surface area (Å²) >= 11 is 0. The fourth-order valence-electron chi connectivity index (χ4n) is 14.8. The highest BCUT2D eigenvalue weighted by molar-refractivity contribution is 5.74. The summed E-state index contributed by atoms with van der Waals surface area (Å²) in [7, 11) is 0. The Labute approximate surface area is 690 Å². The zero-order valence-corrected chi connectivity index (χ0v) is 71.2. The SMILES string of the molecule is CCCCCCCc1ccc(-c2ccc(-c3ccc(CC)nc3)cc2)cc1.CCCCCCCc1ccc(-c2ccc(-c3ccc(CCC)nc3)cc2)cc1.CCCCCCCc1ccc(-c2ccc(-c3ccc(CCCC)nc3)cc2)cc1.CCCCCCCc1ccc(-c2ccc(-c3ccc(CCCCC)nc3)cc2)cc1. The molecule has 0 N–H and O–H groups in total. The molecule has 8 aromatic carbocycles. The number of aromatic nitrogens is 4. The molecule has 596 valence electrons. The monoisotopic (exact) mass is 1510 g/mol. The van der Waals surface area contributed by atoms with Gasteiger partial charge in [-0.25, -0.2) is 0 Å². The van der Waals surface area contributed by atoms with Gasteiger partial charge in [-0.1, -0.05) is 402 Å². The van der Waals surface area contributed by atoms with Crippen LogP contribution in [0.25, 0.3) is 89.0 Å². The predicted octanol–water partition coefficient (Wildman–Crippen LogP) is 32.3. The highest BCUT2D eigenvalue weighted by Gasteiger charge is 2.10. The summed E-state index contributed by atoms with van der Waals surface area (Å²) in [6.45, 7) is 17.9. The molecule has 0 saturated heterocycles. The zero-order chi connectivity index (χ0) is 79.8. The van der Waals surface area contributed by atoms with E-state index in [4.69, 9.17) is 0 Å². The van der Waals surface area contributed by atoms with Gasteiger partial charge in [0, 0.05) is 69.8 Å². The molecule has 0 unspecified atom stereocenters. The van der Waals surface area contributed by atoms with Crippen molar-refractivity contribution in [2.45, 2.75) is 274 Å². The van der Waals surface area contributed by atoms with Crippen LogP contribution >= 0.6 is 0 Å². The minimum atomic E-state index is 0.980. The molecule has 0 aliphatic carbocycles. The van der Waals surface area contributed by atoms with Crippen molar-refractivity contribution in [2.24, 2.45) is 0 Å². The van der Waals surface area contributed by atoms with Gasteiger partial charge in [0.15, 0.2) is 0 Å². The van der Waals surface area contributed by atoms with Gasteiger partial charge in [-0.15, -0.1) is 0 Å². The maximum Gasteiger partial charge on any atom is 0.0404 e. The van der Waals surface area contributed by atoms with E-state index in [1.54, 1.807) is 0 Å². The first-order valence-corrected chi connectivity index (χ1v) is 44.8. The van der Waals surface area contributed by atoms with Crippen LogP contribution < -0.4 is 0 Å². The van der Waals surface area contributed by atoms with Gasteiger partial charge in [0.05, 0.1) is 0 Å². The summed E-state index contributed by atoms with van der Waals surface area (Å²) in [5.41, 5.74) is 30.4. The van der Waals surface area contributed by atoms with Crippen molar-refractivity contribution in [1.82, 2.24) is 19.9 Å². The molecule has 0 atom stereocenters. The molecule has 0 radical (unpaired) electrons. The van der Waals surface area contributed by atoms with Crippen LogP contribution in [0.15, 0.2) is 267 Å². The van der Waals surface area contributed by atoms with Crippen LogP contribution in [0.1, 0.15) is 267 Å². The third-order valence-corrected chi connectivity index (χ3v) is 22.3. The van der Waals surface area contributed by atoms with Crippen molar-refractivity contribution < 1.29 is 0 Å². The minimum Gasteiger partial charge on any atom is -0.261 e. The standard InChI is InChI=1S/C29H37N.C28H35N.C27H33N.C26H31N/c1-3-5-7-8-10-11-24-13-15-25(16-14-24)26-17-19-27(20-18-26)28-21-22-29(30-23-28)12-9-6-4-2;1-3-5-7-8-9-10-23-12-14-24(15-13-23)25-16-18-26(19-17-25)27-20-21-28(29-22-27)11-6-4-2;1-3-5-6-7-8-10-22-11-13-23(14-12-22)24-15-17-25(18-16-24)26-19-20-27(9-4-2)28-21-26;1-3-5-6-7-8-9-21-10-12-22(13-11-21)23-14-16-24(17-15-23)25-18-19-26(4-2)27-20-25/h13-23H,3-12H2,1-2H3;12-22H,3-11H2,1-2H3;11-21H,3-10H2,1-2H3;10-20H,3-9H2,1-2H3. The number of hydrogen-bond acceptors (Lipinski definition) is 4. The molecule has 0 saturated carbocycles. The summed E-state index contributed by atoms with van der Waals surface area (Å²) in [4.78, 5) is 18.4. The average Bonchev–Trinajstić information content (AvgIpc) is 0.847. The maximum atomic E-state index is 4.66. The van der Waals surface area contributed by atoms with E-state index in [-0.39, 0.29) is 0 Å². The van der Waals surface area contributed by atoms with Crippen molar-refractivity contribution >= 4 is 0 Å². The first-order chi connectivity index (χ1) is 56.2. The van der Waals surface area contributed by atoms with Gasteiger partial charge in [0.1, 0.15) is 0 Å². The lowest BCUT2D eigenvalue weighted by molar-refractivity contribution is 0.632. The molecule has 0 aliphatic heterocycles. The highest BCUT2D eigenvalue weighted by atomic mass is 14.7. The Kier molecular flexibility index (Phi) is 40.3. The molecular formula is C110H136N4. The molecule has 0 spiro atoms. The quantitative estimate of drug-likeness (QED) is 0.0358. The normalized spacial score (nSPS) is 10.9. The molecular weight excluding hydrogens is 1380 g/mol. The third-order valence-electron chi connectivity index (χ3n) is 22.3. The highest BCUT2D eigenvalue weighted by Crippen LogP contribution is 2.31. The second-order valence-electron chi connectivity index (χ2n) is 31.6. The molecule has 114 heavy (non-hydrogen) atoms. The van der Waals surface area contributed by atoms with Gasteiger partial charge >= 0.3 is 0 Å². The van der Waals surface area contributed by atoms with Crippen molar-refractivity contribution in [3.8, 4) is 89.0 Å². The van der Waals surface area contributed by atoms with Gasteiger partial charge in [-0.3, -0.25) is 19.9 Å². The summed E-state index contributed by atoms with van der Waals surface area (Å²) in [5.74, 6) is 0. The predicted molar refractivity (Wildman–Crippen MR) is 496 cm³/mol. The Balaban J connectivity index is 0.000000174. The molecule has 0 amide bonds. The topological polar surface area (TPSA) is 51.6 Å². The molecule has 4 heterocycles. The summed E-state index contributed by atoms with van der Waals surface area (Å²) in [5, 5.41) is 0. The fraction of sp³-hybridized carbons (Fsp3) is 0.382. The van der Waals surface area contributed by atoms with Gasteiger partial charge < -0.3 is 0 Å². The first kappa shape index (κ1) is 88.3. The number of aryl methyl sites for hydroxylation is 8. The minimum absolute atomic E-state index is 0.980. The maximum absolute atomic E-state index is 4.66. The Morgan fingerprint density at radius 3 is 0.526 bits per heavy atom. The Morgan fingerprint density at radius 1 is 0.140 bits per heavy atom. The van der Waals surface area contributed by atoms with Gasteiger partial charge in [0.2, 0.25) is 0 Å². The molecule has 0 aliphatic rings. The second-order valence-corrected chi connectivity index (χ2v) is 31.6. The number of benzene rings is 8. The lowest BCUT2D eigenvalue weighted by atomic mass is 9.99. The van der Waals surface area contributed by atoms with Crippen LogP contribution in [-0.4, -0.2) is 19.9 Å². The fourth-order valence-corrected chi connectivity index (χ4v) is 14.8. The molecule has 4 nitrogen and oxygen atoms in total. The van der Waals surface area contributed by atoms with E-state index >= 15 is 0 Å². The van der Waals surface area contributed by atoms with E-state index in [1.807, 2.05) is 24.8 Å². The first-order valence-electron chi connectivity index (χ1n) is 44.8. The van der Waals surface area contributed by atoms with E-state index in [0.717, 1.165) is 37.8 Å². The van der Waals surface area contributed by atoms with Crippen LogP contribution in [0, 0.1) is 0 Å². The van der Waals surface area contributed by atoms with Crippen molar-refractivity contribution in [3.05, 3.63) is 312 Å². The van der Waals surface area contributed by atoms with Crippen molar-refractivity contribution in [3.63, 3.8) is 0 Å². The van der Waals surface area contributed by atoms with Crippen molar-refractivity contribution in [1.29, 1.82) is 0 Å². The van der Waals surface area contributed by atoms with Gasteiger partial charge in [-0.2, -0.15) is 0 Å². The molecule has 4 heteroatoms. The Hall–Kier alpha value is -9.64. The zero-order valence-electron chi connectivity index (χ0n) is 71.2. The molecule has 12 rings (SSSR count). The molecule has 4 aromatic heterocycles. The van der Waals surface area contributed by atoms with Crippen molar-refractivity contribution in [2.75, 3.05) is 0 Å². The average molecular weight is 1510 g/mol. The second kappa shape index (κ2) is 52.0. The lowest BCUT2D eigenvalue weighted by Gasteiger charge is -2.07. The summed E-state index contributed by atoms with van der Waals surface area (Å²) in [6.07, 6.45) is 51.2. The third kappa shape index (κ3) is 30.9. The molecule has 0 bridgehead atoms. The van der Waals surface area contributed by atoms with E-state index in [9.17, 15) is 0 Å². The van der Waals surface area contributed by atoms with E-state index in [2.05, 4.69) is 318 Å². The van der Waals surface area contributed by atoms with Crippen LogP contribution in [-0.2, 0) is 51.4 Å². The van der Waals surface area contributed by atoms with Crippen LogP contribution in [0.3, 0.4) is 0 Å². The smallest absolute Gasteiger partial charge is 0.0404 e. The van der Waals surface area contributed by atoms with Crippen LogP contribution in [0.5, 0.6) is 0 Å². The summed E-state index contributed by atoms with van der Waals surface area (Å²) < 4.78 is 0. The number of hydrogen-bond donors (Lipinski definition) is 0. The number of pyridine rings is 4. The lowest BCUT2D eigenvalue weighted by Crippen LogP contribution is -1.90. The largest absolute Gasteiger partial charge is 0.261 e. The van der Waals surface area contributed by atoms with Gasteiger partial charge in [0.25, 0.3) is 0 Å². The Morgan fingerprint density at radius 2 is 0.316 bits per heavy atom. The van der Waals surface area contributed by atoms with E-state index in [1.165, 1.54) is 315 Å².